The molecule has 1 N–H and O–H groups in total. The molecule has 22 heavy (non-hydrogen) atoms. The molecule has 1 aromatic heterocycles. The lowest BCUT2D eigenvalue weighted by Gasteiger charge is -2.02. The molecule has 0 amide bonds. The van der Waals surface area contributed by atoms with Gasteiger partial charge < -0.3 is 0 Å². The Morgan fingerprint density at radius 2 is 1.91 bits per heavy atom. The van der Waals surface area contributed by atoms with Crippen LogP contribution in [0.2, 0.25) is 5.02 Å². The van der Waals surface area contributed by atoms with Gasteiger partial charge in [-0.2, -0.15) is 14.9 Å². The van der Waals surface area contributed by atoms with Crippen molar-refractivity contribution in [1.82, 2.24) is 14.9 Å². The van der Waals surface area contributed by atoms with E-state index in [1.165, 1.54) is 10.7 Å². The smallest absolute Gasteiger partial charge is 0.216 e. The summed E-state index contributed by atoms with van der Waals surface area (Å²) < 4.78 is 15.5. The van der Waals surface area contributed by atoms with E-state index < -0.39 is 5.82 Å². The van der Waals surface area contributed by atoms with Crippen LogP contribution in [0.4, 0.5) is 4.39 Å². The fraction of sp³-hybridized carbons (Fsp3) is 0. The summed E-state index contributed by atoms with van der Waals surface area (Å²) in [5, 5.41) is 11.5. The third-order valence-electron chi connectivity index (χ3n) is 2.98. The van der Waals surface area contributed by atoms with Crippen LogP contribution in [0, 0.1) is 10.6 Å². The molecule has 0 spiro atoms. The highest BCUT2D eigenvalue weighted by atomic mass is 35.5. The van der Waals surface area contributed by atoms with Crippen LogP contribution in [0.3, 0.4) is 0 Å². The lowest BCUT2D eigenvalue weighted by atomic mass is 10.2. The standard InChI is InChI=1S/C15H10ClFN4S/c16-12-7-3-1-5-10(12)9-18-21-14(19-20-15(21)22)11-6-2-4-8-13(11)17/h1-9H,(H,20,22)/b18-9-. The number of aromatic amines is 1. The van der Waals surface area contributed by atoms with E-state index >= 15 is 0 Å². The number of nitrogens with one attached hydrogen (secondary N) is 1. The van der Waals surface area contributed by atoms with E-state index in [1.807, 2.05) is 18.2 Å². The number of hydrogen-bond acceptors (Lipinski definition) is 3. The maximum atomic E-state index is 13.9. The van der Waals surface area contributed by atoms with Gasteiger partial charge in [0.05, 0.1) is 11.8 Å². The van der Waals surface area contributed by atoms with Crippen molar-refractivity contribution in [2.75, 3.05) is 0 Å². The van der Waals surface area contributed by atoms with E-state index in [-0.39, 0.29) is 4.77 Å². The first-order valence-corrected chi connectivity index (χ1v) is 7.16. The van der Waals surface area contributed by atoms with Crippen LogP contribution in [0.15, 0.2) is 53.6 Å². The second-order valence-electron chi connectivity index (χ2n) is 4.41. The van der Waals surface area contributed by atoms with Gasteiger partial charge in [0, 0.05) is 10.6 Å². The summed E-state index contributed by atoms with van der Waals surface area (Å²) in [6.45, 7) is 0. The van der Waals surface area contributed by atoms with Crippen LogP contribution in [0.25, 0.3) is 11.4 Å². The highest BCUT2D eigenvalue weighted by molar-refractivity contribution is 7.71. The van der Waals surface area contributed by atoms with Gasteiger partial charge in [0.25, 0.3) is 0 Å². The van der Waals surface area contributed by atoms with E-state index in [4.69, 9.17) is 23.8 Å². The van der Waals surface area contributed by atoms with E-state index in [2.05, 4.69) is 15.3 Å². The minimum atomic E-state index is -0.398. The Hall–Kier alpha value is -2.31. The molecule has 0 aliphatic carbocycles. The molecule has 0 saturated carbocycles. The van der Waals surface area contributed by atoms with Gasteiger partial charge in [0.2, 0.25) is 4.77 Å². The molecule has 3 aromatic rings. The van der Waals surface area contributed by atoms with Crippen molar-refractivity contribution >= 4 is 30.0 Å². The molecule has 0 aliphatic rings. The highest BCUT2D eigenvalue weighted by Gasteiger charge is 2.12. The number of rotatable bonds is 3. The van der Waals surface area contributed by atoms with Crippen LogP contribution in [0.1, 0.15) is 5.56 Å². The van der Waals surface area contributed by atoms with Crippen LogP contribution in [-0.4, -0.2) is 21.1 Å². The molecule has 0 aliphatic heterocycles. The second kappa shape index (κ2) is 6.21. The quantitative estimate of drug-likeness (QED) is 0.574. The highest BCUT2D eigenvalue weighted by Crippen LogP contribution is 2.20. The molecule has 0 fully saturated rings. The number of benzene rings is 2. The van der Waals surface area contributed by atoms with Crippen molar-refractivity contribution in [2.45, 2.75) is 0 Å². The summed E-state index contributed by atoms with van der Waals surface area (Å²) >= 11 is 11.2. The first kappa shape index (κ1) is 14.6. The Morgan fingerprint density at radius 1 is 1.18 bits per heavy atom. The van der Waals surface area contributed by atoms with Crippen LogP contribution in [0.5, 0.6) is 0 Å². The molecule has 0 atom stereocenters. The maximum Gasteiger partial charge on any atom is 0.216 e. The van der Waals surface area contributed by atoms with Crippen LogP contribution in [-0.2, 0) is 0 Å². The zero-order valence-corrected chi connectivity index (χ0v) is 12.8. The molecule has 2 aromatic carbocycles. The molecular weight excluding hydrogens is 323 g/mol. The third kappa shape index (κ3) is 2.84. The van der Waals surface area contributed by atoms with Crippen molar-refractivity contribution < 1.29 is 4.39 Å². The lowest BCUT2D eigenvalue weighted by molar-refractivity contribution is 0.628. The molecule has 110 valence electrons. The first-order chi connectivity index (χ1) is 10.7. The third-order valence-corrected chi connectivity index (χ3v) is 3.59. The molecule has 0 radical (unpaired) electrons. The predicted molar refractivity (Wildman–Crippen MR) is 87.2 cm³/mol. The molecular formula is C15H10ClFN4S. The average molecular weight is 333 g/mol. The Balaban J connectivity index is 2.06. The van der Waals surface area contributed by atoms with E-state index in [0.717, 1.165) is 5.56 Å². The van der Waals surface area contributed by atoms with Gasteiger partial charge in [-0.3, -0.25) is 0 Å². The topological polar surface area (TPSA) is 46.0 Å². The molecule has 0 saturated heterocycles. The molecule has 3 rings (SSSR count). The van der Waals surface area contributed by atoms with Gasteiger partial charge in [-0.15, -0.1) is 0 Å². The molecule has 7 heteroatoms. The normalized spacial score (nSPS) is 11.2. The summed E-state index contributed by atoms with van der Waals surface area (Å²) in [7, 11) is 0. The Bertz CT molecular complexity index is 900. The van der Waals surface area contributed by atoms with Crippen molar-refractivity contribution in [3.63, 3.8) is 0 Å². The van der Waals surface area contributed by atoms with Gasteiger partial charge in [-0.25, -0.2) is 9.49 Å². The van der Waals surface area contributed by atoms with Gasteiger partial charge in [0.1, 0.15) is 5.82 Å². The SMILES string of the molecule is Fc1ccccc1-c1n[nH]c(=S)n1/N=C\c1ccccc1Cl. The van der Waals surface area contributed by atoms with Gasteiger partial charge >= 0.3 is 0 Å². The monoisotopic (exact) mass is 332 g/mol. The van der Waals surface area contributed by atoms with E-state index in [9.17, 15) is 4.39 Å². The molecule has 1 heterocycles. The Labute approximate surface area is 135 Å². The van der Waals surface area contributed by atoms with Gasteiger partial charge in [0.15, 0.2) is 5.82 Å². The minimum Gasteiger partial charge on any atom is -0.250 e. The fourth-order valence-corrected chi connectivity index (χ4v) is 2.28. The van der Waals surface area contributed by atoms with Gasteiger partial charge in [-0.1, -0.05) is 41.9 Å². The number of aromatic nitrogens is 3. The fourth-order valence-electron chi connectivity index (χ4n) is 1.92. The summed E-state index contributed by atoms with van der Waals surface area (Å²) in [5.41, 5.74) is 1.04. The summed E-state index contributed by atoms with van der Waals surface area (Å²) in [5.74, 6) is -0.0999. The molecule has 0 unspecified atom stereocenters. The first-order valence-electron chi connectivity index (χ1n) is 6.38. The second-order valence-corrected chi connectivity index (χ2v) is 5.20. The minimum absolute atomic E-state index is 0.265. The average Bonchev–Trinajstić information content (AvgIpc) is 2.88. The lowest BCUT2D eigenvalue weighted by Crippen LogP contribution is -1.97. The number of nitrogens with zero attached hydrogens (tertiary/aromatic N) is 3. The Morgan fingerprint density at radius 3 is 2.68 bits per heavy atom. The van der Waals surface area contributed by atoms with Crippen molar-refractivity contribution in [3.05, 3.63) is 69.7 Å². The number of halogens is 2. The van der Waals surface area contributed by atoms with Gasteiger partial charge in [-0.05, 0) is 30.4 Å². The van der Waals surface area contributed by atoms with Crippen molar-refractivity contribution in [3.8, 4) is 11.4 Å². The maximum absolute atomic E-state index is 13.9. The van der Waals surface area contributed by atoms with E-state index in [0.29, 0.717) is 16.4 Å². The summed E-state index contributed by atoms with van der Waals surface area (Å²) in [6.07, 6.45) is 1.55. The van der Waals surface area contributed by atoms with Crippen LogP contribution < -0.4 is 0 Å². The van der Waals surface area contributed by atoms with E-state index in [1.54, 1.807) is 30.5 Å². The largest absolute Gasteiger partial charge is 0.250 e. The molecule has 4 nitrogen and oxygen atoms in total. The zero-order chi connectivity index (χ0) is 15.5. The summed E-state index contributed by atoms with van der Waals surface area (Å²) in [6, 6.07) is 13.5. The number of hydrogen-bond donors (Lipinski definition) is 1. The number of H-pyrrole nitrogens is 1. The molecule has 0 bridgehead atoms. The predicted octanol–water partition coefficient (Wildman–Crippen LogP) is 4.28. The van der Waals surface area contributed by atoms with Crippen molar-refractivity contribution in [1.29, 1.82) is 0 Å². The van der Waals surface area contributed by atoms with Crippen molar-refractivity contribution in [2.24, 2.45) is 5.10 Å². The van der Waals surface area contributed by atoms with Crippen LogP contribution >= 0.6 is 23.8 Å². The zero-order valence-electron chi connectivity index (χ0n) is 11.2. The Kier molecular flexibility index (Phi) is 4.13. The summed E-state index contributed by atoms with van der Waals surface area (Å²) in [4.78, 5) is 0.